The Balaban J connectivity index is 2.09. The molecule has 0 atom stereocenters. The molecule has 2 rings (SSSR count). The summed E-state index contributed by atoms with van der Waals surface area (Å²) in [7, 11) is 0. The monoisotopic (exact) mass is 288 g/mol. The van der Waals surface area contributed by atoms with Crippen LogP contribution in [0.25, 0.3) is 0 Å². The number of hydrogen-bond donors (Lipinski definition) is 3. The molecule has 21 heavy (non-hydrogen) atoms. The molecule has 0 radical (unpaired) electrons. The molecule has 0 bridgehead atoms. The summed E-state index contributed by atoms with van der Waals surface area (Å²) in [6.45, 7) is 5.57. The first kappa shape index (κ1) is 15.1. The summed E-state index contributed by atoms with van der Waals surface area (Å²) in [5, 5.41) is 3.25. The number of nitrogens with two attached hydrogens (primary N) is 1. The van der Waals surface area contributed by atoms with Crippen LogP contribution in [0.1, 0.15) is 23.9 Å². The van der Waals surface area contributed by atoms with E-state index in [4.69, 9.17) is 10.6 Å². The number of nitrogen functional groups attached to an aromatic ring is 1. The highest BCUT2D eigenvalue weighted by atomic mass is 16.5. The minimum atomic E-state index is 0.354. The van der Waals surface area contributed by atoms with Crippen LogP contribution in [-0.2, 0) is 17.9 Å². The molecule has 0 aliphatic heterocycles. The van der Waals surface area contributed by atoms with Crippen LogP contribution in [0.2, 0.25) is 0 Å². The fourth-order valence-electron chi connectivity index (χ4n) is 1.79. The molecule has 7 nitrogen and oxygen atoms in total. The van der Waals surface area contributed by atoms with E-state index in [2.05, 4.69) is 25.7 Å². The number of hydrogen-bond acceptors (Lipinski definition) is 7. The highest BCUT2D eigenvalue weighted by molar-refractivity contribution is 5.47. The molecule has 2 heterocycles. The fraction of sp³-hybridized carbons (Fsp3) is 0.357. The molecule has 0 saturated heterocycles. The molecule has 0 aliphatic carbocycles. The zero-order valence-electron chi connectivity index (χ0n) is 12.3. The lowest BCUT2D eigenvalue weighted by molar-refractivity contribution is 0.128. The first-order valence-corrected chi connectivity index (χ1v) is 6.78. The standard InChI is InChI=1S/C14H20N6O/c1-3-21-9-14-18-12(6-13(19-14)20-15)17-8-11-7-16-5-4-10(11)2/h4-7H,3,8-9,15H2,1-2H3,(H2,17,18,19,20). The maximum Gasteiger partial charge on any atom is 0.158 e. The molecule has 2 aromatic heterocycles. The summed E-state index contributed by atoms with van der Waals surface area (Å²) in [6.07, 6.45) is 3.62. The molecule has 0 unspecified atom stereocenters. The van der Waals surface area contributed by atoms with Crippen molar-refractivity contribution in [3.63, 3.8) is 0 Å². The van der Waals surface area contributed by atoms with Crippen molar-refractivity contribution in [2.24, 2.45) is 5.84 Å². The van der Waals surface area contributed by atoms with Crippen molar-refractivity contribution < 1.29 is 4.74 Å². The average Bonchev–Trinajstić information content (AvgIpc) is 2.52. The SMILES string of the molecule is CCOCc1nc(NN)cc(NCc2cnccc2C)n1. The molecule has 0 aromatic carbocycles. The van der Waals surface area contributed by atoms with Gasteiger partial charge in [0.1, 0.15) is 18.2 Å². The molecule has 2 aromatic rings. The molecule has 7 heteroatoms. The quantitative estimate of drug-likeness (QED) is 0.526. The number of ether oxygens (including phenoxy) is 1. The van der Waals surface area contributed by atoms with E-state index in [1.54, 1.807) is 12.3 Å². The van der Waals surface area contributed by atoms with E-state index in [0.29, 0.717) is 37.2 Å². The van der Waals surface area contributed by atoms with Crippen molar-refractivity contribution >= 4 is 11.6 Å². The van der Waals surface area contributed by atoms with Crippen LogP contribution in [0.3, 0.4) is 0 Å². The zero-order valence-corrected chi connectivity index (χ0v) is 12.3. The van der Waals surface area contributed by atoms with Gasteiger partial charge >= 0.3 is 0 Å². The first-order chi connectivity index (χ1) is 10.2. The van der Waals surface area contributed by atoms with E-state index in [-0.39, 0.29) is 0 Å². The van der Waals surface area contributed by atoms with E-state index >= 15 is 0 Å². The van der Waals surface area contributed by atoms with Gasteiger partial charge in [0.25, 0.3) is 0 Å². The van der Waals surface area contributed by atoms with Crippen LogP contribution in [0.15, 0.2) is 24.5 Å². The van der Waals surface area contributed by atoms with Crippen molar-refractivity contribution in [3.8, 4) is 0 Å². The van der Waals surface area contributed by atoms with Crippen molar-refractivity contribution in [1.29, 1.82) is 0 Å². The normalized spacial score (nSPS) is 10.4. The van der Waals surface area contributed by atoms with Gasteiger partial charge in [-0.15, -0.1) is 0 Å². The lowest BCUT2D eigenvalue weighted by Crippen LogP contribution is -2.13. The summed E-state index contributed by atoms with van der Waals surface area (Å²) in [5.74, 6) is 7.25. The third-order valence-corrected chi connectivity index (χ3v) is 2.96. The van der Waals surface area contributed by atoms with Gasteiger partial charge in [0.2, 0.25) is 0 Å². The van der Waals surface area contributed by atoms with Gasteiger partial charge in [-0.25, -0.2) is 15.8 Å². The number of hydrazine groups is 1. The number of anilines is 2. The third kappa shape index (κ3) is 4.37. The second kappa shape index (κ2) is 7.51. The maximum atomic E-state index is 5.43. The fourth-order valence-corrected chi connectivity index (χ4v) is 1.79. The number of aromatic nitrogens is 3. The van der Waals surface area contributed by atoms with Gasteiger partial charge in [-0.05, 0) is 31.0 Å². The first-order valence-electron chi connectivity index (χ1n) is 6.78. The van der Waals surface area contributed by atoms with Crippen LogP contribution in [0, 0.1) is 6.92 Å². The molecule has 0 saturated carbocycles. The Morgan fingerprint density at radius 3 is 2.81 bits per heavy atom. The topological polar surface area (TPSA) is 98.0 Å². The van der Waals surface area contributed by atoms with Crippen LogP contribution in [-0.4, -0.2) is 21.6 Å². The van der Waals surface area contributed by atoms with E-state index in [1.807, 2.05) is 26.1 Å². The lowest BCUT2D eigenvalue weighted by atomic mass is 10.1. The van der Waals surface area contributed by atoms with Gasteiger partial charge in [0.05, 0.1) is 0 Å². The zero-order chi connectivity index (χ0) is 15.1. The van der Waals surface area contributed by atoms with Gasteiger partial charge in [-0.3, -0.25) is 4.98 Å². The molecule has 0 amide bonds. The second-order valence-corrected chi connectivity index (χ2v) is 4.49. The molecule has 0 spiro atoms. The van der Waals surface area contributed by atoms with E-state index in [9.17, 15) is 0 Å². The maximum absolute atomic E-state index is 5.43. The van der Waals surface area contributed by atoms with E-state index < -0.39 is 0 Å². The van der Waals surface area contributed by atoms with Gasteiger partial charge < -0.3 is 15.5 Å². The minimum absolute atomic E-state index is 0.354. The van der Waals surface area contributed by atoms with Crippen molar-refractivity contribution in [2.45, 2.75) is 27.0 Å². The summed E-state index contributed by atoms with van der Waals surface area (Å²) in [5.41, 5.74) is 4.83. The predicted molar refractivity (Wildman–Crippen MR) is 81.5 cm³/mol. The van der Waals surface area contributed by atoms with Crippen LogP contribution < -0.4 is 16.6 Å². The summed E-state index contributed by atoms with van der Waals surface area (Å²) in [6, 6.07) is 3.73. The van der Waals surface area contributed by atoms with Crippen molar-refractivity contribution in [3.05, 3.63) is 41.5 Å². The molecule has 112 valence electrons. The third-order valence-electron chi connectivity index (χ3n) is 2.96. The van der Waals surface area contributed by atoms with Crippen LogP contribution in [0.4, 0.5) is 11.6 Å². The largest absolute Gasteiger partial charge is 0.374 e. The number of pyridine rings is 1. The number of aryl methyl sites for hydroxylation is 1. The number of nitrogens with one attached hydrogen (secondary N) is 2. The summed E-state index contributed by atoms with van der Waals surface area (Å²) in [4.78, 5) is 12.8. The molecule has 0 aliphatic rings. The Labute approximate surface area is 123 Å². The Morgan fingerprint density at radius 2 is 2.10 bits per heavy atom. The molecule has 4 N–H and O–H groups in total. The smallest absolute Gasteiger partial charge is 0.158 e. The molecular weight excluding hydrogens is 268 g/mol. The Hall–Kier alpha value is -2.25. The van der Waals surface area contributed by atoms with Crippen molar-refractivity contribution in [2.75, 3.05) is 17.3 Å². The second-order valence-electron chi connectivity index (χ2n) is 4.49. The average molecular weight is 288 g/mol. The van der Waals surface area contributed by atoms with Crippen molar-refractivity contribution in [1.82, 2.24) is 15.0 Å². The van der Waals surface area contributed by atoms with Crippen LogP contribution >= 0.6 is 0 Å². The summed E-state index contributed by atoms with van der Waals surface area (Å²) >= 11 is 0. The lowest BCUT2D eigenvalue weighted by Gasteiger charge is -2.11. The number of nitrogens with zero attached hydrogens (tertiary/aromatic N) is 3. The Morgan fingerprint density at radius 1 is 1.29 bits per heavy atom. The molecular formula is C14H20N6O. The summed E-state index contributed by atoms with van der Waals surface area (Å²) < 4.78 is 5.32. The van der Waals surface area contributed by atoms with E-state index in [1.165, 1.54) is 5.56 Å². The minimum Gasteiger partial charge on any atom is -0.374 e. The van der Waals surface area contributed by atoms with Gasteiger partial charge in [0, 0.05) is 31.6 Å². The Bertz CT molecular complexity index is 589. The highest BCUT2D eigenvalue weighted by Gasteiger charge is 2.05. The Kier molecular flexibility index (Phi) is 5.42. The molecule has 0 fully saturated rings. The number of rotatable bonds is 7. The van der Waals surface area contributed by atoms with Gasteiger partial charge in [-0.2, -0.15) is 0 Å². The highest BCUT2D eigenvalue weighted by Crippen LogP contribution is 2.13. The van der Waals surface area contributed by atoms with Gasteiger partial charge in [0.15, 0.2) is 5.82 Å². The predicted octanol–water partition coefficient (Wildman–Crippen LogP) is 1.61. The van der Waals surface area contributed by atoms with Crippen LogP contribution in [0.5, 0.6) is 0 Å². The van der Waals surface area contributed by atoms with Gasteiger partial charge in [-0.1, -0.05) is 0 Å². The van der Waals surface area contributed by atoms with E-state index in [0.717, 1.165) is 5.56 Å².